The molecule has 3 atom stereocenters. The van der Waals surface area contributed by atoms with Gasteiger partial charge in [0.2, 0.25) is 0 Å². The average molecular weight is 276 g/mol. The summed E-state index contributed by atoms with van der Waals surface area (Å²) in [5, 5.41) is 3.54. The molecule has 4 heteroatoms. The van der Waals surface area contributed by atoms with Gasteiger partial charge in [-0.3, -0.25) is 0 Å². The molecule has 0 heterocycles. The maximum atomic E-state index is 11.7. The molecular formula is C16H24N2O2. The van der Waals surface area contributed by atoms with Gasteiger partial charge in [-0.2, -0.15) is 0 Å². The minimum Gasteiger partial charge on any atom is -0.465 e. The number of carbonyl (C=O) groups is 1. The number of rotatable bonds is 4. The minimum absolute atomic E-state index is 0.392. The number of nitrogens with one attached hydrogen (secondary N) is 1. The topological polar surface area (TPSA) is 64.3 Å². The number of carbonyl (C=O) groups excluding carboxylic acids is 1. The number of nitrogens with two attached hydrogens (primary N) is 1. The molecule has 0 radical (unpaired) electrons. The summed E-state index contributed by atoms with van der Waals surface area (Å²) < 4.78 is 4.75. The van der Waals surface area contributed by atoms with Gasteiger partial charge in [0.1, 0.15) is 0 Å². The van der Waals surface area contributed by atoms with E-state index in [2.05, 4.69) is 19.2 Å². The molecule has 3 N–H and O–H groups in total. The normalized spacial score (nSPS) is 25.4. The predicted octanol–water partition coefficient (Wildman–Crippen LogP) is 3.29. The van der Waals surface area contributed by atoms with Gasteiger partial charge >= 0.3 is 5.97 Å². The molecule has 2 rings (SSSR count). The molecule has 0 spiro atoms. The zero-order valence-electron chi connectivity index (χ0n) is 12.5. The van der Waals surface area contributed by atoms with Gasteiger partial charge in [-0.25, -0.2) is 4.79 Å². The van der Waals surface area contributed by atoms with Gasteiger partial charge in [0, 0.05) is 17.4 Å². The van der Waals surface area contributed by atoms with Crippen LogP contribution in [0.2, 0.25) is 0 Å². The van der Waals surface area contributed by atoms with E-state index in [9.17, 15) is 4.79 Å². The SMILES string of the molecule is CCC1CCC(Nc2ccc(N)c(C(=O)OC)c2)C1C. The fourth-order valence-electron chi connectivity index (χ4n) is 3.17. The largest absolute Gasteiger partial charge is 0.465 e. The van der Waals surface area contributed by atoms with Crippen LogP contribution >= 0.6 is 0 Å². The van der Waals surface area contributed by atoms with Crippen LogP contribution in [0.3, 0.4) is 0 Å². The Hall–Kier alpha value is -1.71. The van der Waals surface area contributed by atoms with Crippen LogP contribution in [-0.2, 0) is 4.74 Å². The first-order valence-electron chi connectivity index (χ1n) is 7.31. The van der Waals surface area contributed by atoms with E-state index >= 15 is 0 Å². The van der Waals surface area contributed by atoms with Gasteiger partial charge in [0.05, 0.1) is 12.7 Å². The van der Waals surface area contributed by atoms with Gasteiger partial charge in [-0.15, -0.1) is 0 Å². The van der Waals surface area contributed by atoms with Crippen LogP contribution in [0.5, 0.6) is 0 Å². The second-order valence-corrected chi connectivity index (χ2v) is 5.65. The molecule has 1 aromatic carbocycles. The first-order chi connectivity index (χ1) is 9.56. The van der Waals surface area contributed by atoms with Gasteiger partial charge in [0.25, 0.3) is 0 Å². The molecule has 1 fully saturated rings. The van der Waals surface area contributed by atoms with Gasteiger partial charge in [-0.05, 0) is 42.9 Å². The molecule has 0 amide bonds. The number of esters is 1. The summed E-state index contributed by atoms with van der Waals surface area (Å²) >= 11 is 0. The van der Waals surface area contributed by atoms with Crippen LogP contribution in [0, 0.1) is 11.8 Å². The lowest BCUT2D eigenvalue weighted by atomic mass is 9.93. The summed E-state index contributed by atoms with van der Waals surface area (Å²) in [5.74, 6) is 1.05. The van der Waals surface area contributed by atoms with Crippen molar-refractivity contribution in [3.05, 3.63) is 23.8 Å². The molecule has 0 aliphatic heterocycles. The van der Waals surface area contributed by atoms with Crippen LogP contribution in [0.25, 0.3) is 0 Å². The van der Waals surface area contributed by atoms with Crippen LogP contribution in [0.15, 0.2) is 18.2 Å². The van der Waals surface area contributed by atoms with E-state index in [4.69, 9.17) is 10.5 Å². The summed E-state index contributed by atoms with van der Waals surface area (Å²) in [5.41, 5.74) is 7.63. The van der Waals surface area contributed by atoms with E-state index in [1.54, 1.807) is 12.1 Å². The van der Waals surface area contributed by atoms with Crippen LogP contribution in [0.1, 0.15) is 43.5 Å². The zero-order chi connectivity index (χ0) is 14.7. The Morgan fingerprint density at radius 1 is 1.45 bits per heavy atom. The van der Waals surface area contributed by atoms with Crippen molar-refractivity contribution < 1.29 is 9.53 Å². The summed E-state index contributed by atoms with van der Waals surface area (Å²) in [7, 11) is 1.37. The lowest BCUT2D eigenvalue weighted by Gasteiger charge is -2.22. The van der Waals surface area contributed by atoms with E-state index in [0.29, 0.717) is 23.2 Å². The Balaban J connectivity index is 2.12. The number of hydrogen-bond donors (Lipinski definition) is 2. The van der Waals surface area contributed by atoms with Crippen molar-refractivity contribution >= 4 is 17.3 Å². The molecule has 1 aliphatic rings. The summed E-state index contributed by atoms with van der Waals surface area (Å²) in [6, 6.07) is 5.93. The highest BCUT2D eigenvalue weighted by Crippen LogP contribution is 2.36. The molecule has 1 aromatic rings. The van der Waals surface area contributed by atoms with Crippen LogP contribution < -0.4 is 11.1 Å². The van der Waals surface area contributed by atoms with Crippen LogP contribution in [0.4, 0.5) is 11.4 Å². The molecule has 20 heavy (non-hydrogen) atoms. The third-order valence-corrected chi connectivity index (χ3v) is 4.56. The van der Waals surface area contributed by atoms with Crippen molar-refractivity contribution in [2.24, 2.45) is 11.8 Å². The van der Waals surface area contributed by atoms with E-state index in [0.717, 1.165) is 11.6 Å². The molecule has 110 valence electrons. The minimum atomic E-state index is -0.392. The first-order valence-corrected chi connectivity index (χ1v) is 7.31. The Bertz CT molecular complexity index is 487. The van der Waals surface area contributed by atoms with E-state index < -0.39 is 5.97 Å². The number of ether oxygens (including phenoxy) is 1. The van der Waals surface area contributed by atoms with E-state index in [1.807, 2.05) is 6.07 Å². The Morgan fingerprint density at radius 2 is 2.20 bits per heavy atom. The fourth-order valence-corrected chi connectivity index (χ4v) is 3.17. The summed E-state index contributed by atoms with van der Waals surface area (Å²) in [6.45, 7) is 4.56. The van der Waals surface area contributed by atoms with Gasteiger partial charge in [0.15, 0.2) is 0 Å². The zero-order valence-corrected chi connectivity index (χ0v) is 12.5. The van der Waals surface area contributed by atoms with Crippen molar-refractivity contribution in [3.8, 4) is 0 Å². The second kappa shape index (κ2) is 6.16. The van der Waals surface area contributed by atoms with E-state index in [1.165, 1.54) is 26.4 Å². The molecule has 0 aromatic heterocycles. The second-order valence-electron chi connectivity index (χ2n) is 5.65. The first kappa shape index (κ1) is 14.7. The third kappa shape index (κ3) is 2.89. The number of nitrogen functional groups attached to an aromatic ring is 1. The lowest BCUT2D eigenvalue weighted by molar-refractivity contribution is 0.0602. The predicted molar refractivity (Wildman–Crippen MR) is 81.8 cm³/mol. The molecular weight excluding hydrogens is 252 g/mol. The molecule has 3 unspecified atom stereocenters. The van der Waals surface area contributed by atoms with Crippen LogP contribution in [-0.4, -0.2) is 19.1 Å². The Labute approximate surface area is 120 Å². The highest BCUT2D eigenvalue weighted by atomic mass is 16.5. The maximum Gasteiger partial charge on any atom is 0.340 e. The number of hydrogen-bond acceptors (Lipinski definition) is 4. The van der Waals surface area contributed by atoms with Crippen molar-refractivity contribution in [1.82, 2.24) is 0 Å². The lowest BCUT2D eigenvalue weighted by Crippen LogP contribution is -2.24. The van der Waals surface area contributed by atoms with Gasteiger partial charge in [-0.1, -0.05) is 20.3 Å². The number of methoxy groups -OCH3 is 1. The Morgan fingerprint density at radius 3 is 2.80 bits per heavy atom. The number of benzene rings is 1. The number of anilines is 2. The molecule has 0 bridgehead atoms. The van der Waals surface area contributed by atoms with Gasteiger partial charge < -0.3 is 15.8 Å². The monoisotopic (exact) mass is 276 g/mol. The summed E-state index contributed by atoms with van der Waals surface area (Å²) in [4.78, 5) is 11.7. The maximum absolute atomic E-state index is 11.7. The highest BCUT2D eigenvalue weighted by molar-refractivity contribution is 5.96. The van der Waals surface area contributed by atoms with Crippen molar-refractivity contribution in [2.45, 2.75) is 39.2 Å². The molecule has 4 nitrogen and oxygen atoms in total. The van der Waals surface area contributed by atoms with Crippen molar-refractivity contribution in [2.75, 3.05) is 18.2 Å². The standard InChI is InChI=1S/C16H24N2O2/c1-4-11-5-8-15(10(11)2)18-12-6-7-14(17)13(9-12)16(19)20-3/h6-7,9-11,15,18H,4-5,8,17H2,1-3H3. The van der Waals surface area contributed by atoms with Crippen molar-refractivity contribution in [3.63, 3.8) is 0 Å². The molecule has 0 saturated heterocycles. The highest BCUT2D eigenvalue weighted by Gasteiger charge is 2.31. The average Bonchev–Trinajstić information content (AvgIpc) is 2.80. The molecule has 1 saturated carbocycles. The van der Waals surface area contributed by atoms with Crippen molar-refractivity contribution in [1.29, 1.82) is 0 Å². The smallest absolute Gasteiger partial charge is 0.340 e. The van der Waals surface area contributed by atoms with E-state index in [-0.39, 0.29) is 0 Å². The fraction of sp³-hybridized carbons (Fsp3) is 0.562. The quantitative estimate of drug-likeness (QED) is 0.654. The summed E-state index contributed by atoms with van der Waals surface area (Å²) in [6.07, 6.45) is 3.68. The Kier molecular flexibility index (Phi) is 4.53. The third-order valence-electron chi connectivity index (χ3n) is 4.56. The molecule has 1 aliphatic carbocycles.